The predicted molar refractivity (Wildman–Crippen MR) is 168 cm³/mol. The molecule has 0 aliphatic carbocycles. The fourth-order valence-electron chi connectivity index (χ4n) is 4.67. The summed E-state index contributed by atoms with van der Waals surface area (Å²) in [5.74, 6) is -1.29. The minimum Gasteiger partial charge on any atom is -0.465 e. The van der Waals surface area contributed by atoms with E-state index in [9.17, 15) is 14.4 Å². The monoisotopic (exact) mass is 612 g/mol. The number of nitrogen functional groups attached to an aromatic ring is 1. The van der Waals surface area contributed by atoms with Crippen LogP contribution in [0, 0.1) is 11.8 Å². The summed E-state index contributed by atoms with van der Waals surface area (Å²) in [6.07, 6.45) is 17.9. The number of anilines is 1. The maximum Gasteiger partial charge on any atom is 0.323 e. The number of carbonyl (C=O) groups excluding carboxylic acids is 2. The first-order chi connectivity index (χ1) is 19.7. The van der Waals surface area contributed by atoms with Gasteiger partial charge in [0.25, 0.3) is 5.56 Å². The lowest BCUT2D eigenvalue weighted by Gasteiger charge is -2.20. The zero-order valence-corrected chi connectivity index (χ0v) is 26.6. The summed E-state index contributed by atoms with van der Waals surface area (Å²) < 4.78 is 12.6. The highest BCUT2D eigenvalue weighted by molar-refractivity contribution is 5.85. The number of rotatable bonds is 22. The molecule has 2 rings (SSSR count). The van der Waals surface area contributed by atoms with Crippen molar-refractivity contribution >= 4 is 41.5 Å². The second kappa shape index (κ2) is 21.1. The van der Waals surface area contributed by atoms with E-state index >= 15 is 0 Å². The highest BCUT2D eigenvalue weighted by Gasteiger charge is 2.22. The molecule has 0 spiro atoms. The van der Waals surface area contributed by atoms with Crippen molar-refractivity contribution in [1.82, 2.24) is 19.5 Å². The summed E-state index contributed by atoms with van der Waals surface area (Å²) in [4.78, 5) is 47.6. The number of unbranched alkanes of at least 4 members (excludes halogenated alkanes) is 12. The number of aromatic nitrogens is 4. The van der Waals surface area contributed by atoms with Crippen LogP contribution in [-0.4, -0.2) is 50.7 Å². The predicted octanol–water partition coefficient (Wildman–Crippen LogP) is 5.29. The number of H-pyrrole nitrogens is 1. The molecule has 0 bridgehead atoms. The molecular formula is C30H53ClN6O5. The Balaban J connectivity index is 0.00000882. The van der Waals surface area contributed by atoms with Crippen molar-refractivity contribution in [3.63, 3.8) is 0 Å². The zero-order valence-electron chi connectivity index (χ0n) is 25.8. The van der Waals surface area contributed by atoms with Crippen molar-refractivity contribution in [2.75, 3.05) is 18.9 Å². The van der Waals surface area contributed by atoms with Gasteiger partial charge in [-0.1, -0.05) is 97.8 Å². The van der Waals surface area contributed by atoms with E-state index in [2.05, 4.69) is 21.9 Å². The molecule has 2 atom stereocenters. The van der Waals surface area contributed by atoms with E-state index in [1.807, 2.05) is 13.8 Å². The van der Waals surface area contributed by atoms with Crippen LogP contribution in [-0.2, 0) is 25.6 Å². The summed E-state index contributed by atoms with van der Waals surface area (Å²) >= 11 is 0. The Morgan fingerprint density at radius 1 is 0.929 bits per heavy atom. The minimum atomic E-state index is -0.747. The number of esters is 2. The number of fused-ring (bicyclic) bond motifs is 1. The van der Waals surface area contributed by atoms with Crippen LogP contribution in [0.4, 0.5) is 5.95 Å². The number of nitrogens with two attached hydrogens (primary N) is 2. The van der Waals surface area contributed by atoms with Gasteiger partial charge in [-0.3, -0.25) is 19.4 Å². The van der Waals surface area contributed by atoms with Gasteiger partial charge in [0.05, 0.1) is 19.5 Å². The lowest BCUT2D eigenvalue weighted by Crippen LogP contribution is -2.38. The van der Waals surface area contributed by atoms with Crippen LogP contribution in [0.1, 0.15) is 111 Å². The zero-order chi connectivity index (χ0) is 30.0. The van der Waals surface area contributed by atoms with Gasteiger partial charge in [-0.25, -0.2) is 4.98 Å². The van der Waals surface area contributed by atoms with Crippen LogP contribution >= 0.6 is 12.4 Å². The molecule has 2 heterocycles. The highest BCUT2D eigenvalue weighted by atomic mass is 35.5. The molecule has 2 aromatic rings. The topological polar surface area (TPSA) is 168 Å². The van der Waals surface area contributed by atoms with Gasteiger partial charge < -0.3 is 25.5 Å². The molecule has 5 N–H and O–H groups in total. The summed E-state index contributed by atoms with van der Waals surface area (Å²) in [5.41, 5.74) is 11.6. The van der Waals surface area contributed by atoms with E-state index in [-0.39, 0.29) is 55.5 Å². The number of aromatic amines is 1. The Morgan fingerprint density at radius 2 is 1.48 bits per heavy atom. The van der Waals surface area contributed by atoms with Gasteiger partial charge in [0, 0.05) is 18.9 Å². The number of hydrogen-bond donors (Lipinski definition) is 3. The first-order valence-corrected chi connectivity index (χ1v) is 15.5. The maximum atomic E-state index is 12.4. The average molecular weight is 613 g/mol. The van der Waals surface area contributed by atoms with Crippen LogP contribution in [0.5, 0.6) is 0 Å². The molecule has 42 heavy (non-hydrogen) atoms. The number of carbonyl (C=O) groups is 2. The van der Waals surface area contributed by atoms with Gasteiger partial charge in [-0.15, -0.1) is 12.4 Å². The van der Waals surface area contributed by atoms with Crippen LogP contribution in [0.15, 0.2) is 11.1 Å². The molecule has 0 aromatic carbocycles. The van der Waals surface area contributed by atoms with Crippen molar-refractivity contribution < 1.29 is 19.1 Å². The molecule has 0 saturated carbocycles. The minimum absolute atomic E-state index is 0. The number of halogens is 1. The van der Waals surface area contributed by atoms with Gasteiger partial charge >= 0.3 is 11.9 Å². The SMILES string of the molecule is CCCCCCCCCCCCCCCC(=O)OCC(COC(=O)[C@@H](N)C(C)C)Cn1cnc2c(=O)[nH]c(N)nc21.Cl. The molecule has 240 valence electrons. The number of hydrogen-bond acceptors (Lipinski definition) is 9. The Kier molecular flexibility index (Phi) is 18.8. The van der Waals surface area contributed by atoms with Gasteiger partial charge in [0.2, 0.25) is 5.95 Å². The van der Waals surface area contributed by atoms with Gasteiger partial charge in [0.15, 0.2) is 11.2 Å². The lowest BCUT2D eigenvalue weighted by atomic mass is 10.0. The van der Waals surface area contributed by atoms with Gasteiger partial charge in [0.1, 0.15) is 6.04 Å². The van der Waals surface area contributed by atoms with Crippen molar-refractivity contribution in [3.05, 3.63) is 16.7 Å². The first-order valence-electron chi connectivity index (χ1n) is 15.5. The molecule has 0 amide bonds. The second-order valence-electron chi connectivity index (χ2n) is 11.5. The molecular weight excluding hydrogens is 560 g/mol. The normalized spacial score (nSPS) is 12.7. The summed E-state index contributed by atoms with van der Waals surface area (Å²) in [6.45, 7) is 6.21. The Hall–Kier alpha value is -2.66. The molecule has 12 heteroatoms. The van der Waals surface area contributed by atoms with Crippen molar-refractivity contribution in [3.8, 4) is 0 Å². The van der Waals surface area contributed by atoms with E-state index in [0.717, 1.165) is 19.3 Å². The molecule has 0 saturated heterocycles. The Bertz CT molecular complexity index is 1110. The summed E-state index contributed by atoms with van der Waals surface area (Å²) in [7, 11) is 0. The quantitative estimate of drug-likeness (QED) is 0.118. The standard InChI is InChI=1S/C30H52N6O5.ClH/c1-4-5-6-7-8-9-10-11-12-13-14-15-16-17-24(37)40-19-23(20-41-29(39)25(31)22(2)3)18-36-21-33-26-27(36)34-30(32)35-28(26)38;/h21-23,25H,4-20,31H2,1-3H3,(H3,32,34,35,38);1H/t23?,25-;/m0./s1. The largest absolute Gasteiger partial charge is 0.465 e. The molecule has 0 radical (unpaired) electrons. The second-order valence-corrected chi connectivity index (χ2v) is 11.5. The molecule has 1 unspecified atom stereocenters. The van der Waals surface area contributed by atoms with Crippen LogP contribution in [0.3, 0.4) is 0 Å². The highest BCUT2D eigenvalue weighted by Crippen LogP contribution is 2.15. The number of ether oxygens (including phenoxy) is 2. The van der Waals surface area contributed by atoms with Gasteiger partial charge in [-0.05, 0) is 12.3 Å². The summed E-state index contributed by atoms with van der Waals surface area (Å²) in [5, 5.41) is 0. The molecule has 0 fully saturated rings. The molecule has 11 nitrogen and oxygen atoms in total. The summed E-state index contributed by atoms with van der Waals surface area (Å²) in [6, 6.07) is -0.747. The van der Waals surface area contributed by atoms with E-state index in [0.29, 0.717) is 12.1 Å². The molecule has 0 aliphatic rings. The smallest absolute Gasteiger partial charge is 0.323 e. The first kappa shape index (κ1) is 37.4. The van der Waals surface area contributed by atoms with Crippen molar-refractivity contribution in [2.45, 2.75) is 123 Å². The number of nitrogens with one attached hydrogen (secondary N) is 1. The fraction of sp³-hybridized carbons (Fsp3) is 0.767. The Labute approximate surface area is 256 Å². The third kappa shape index (κ3) is 14.0. The van der Waals surface area contributed by atoms with Crippen LogP contribution in [0.2, 0.25) is 0 Å². The van der Waals surface area contributed by atoms with E-state index < -0.39 is 23.5 Å². The van der Waals surface area contributed by atoms with E-state index in [1.165, 1.54) is 70.5 Å². The van der Waals surface area contributed by atoms with Crippen molar-refractivity contribution in [1.29, 1.82) is 0 Å². The van der Waals surface area contributed by atoms with Gasteiger partial charge in [-0.2, -0.15) is 4.98 Å². The lowest BCUT2D eigenvalue weighted by molar-refractivity contribution is -0.150. The Morgan fingerprint density at radius 3 is 2.05 bits per heavy atom. The van der Waals surface area contributed by atoms with E-state index in [1.54, 1.807) is 4.57 Å². The number of imidazole rings is 1. The maximum absolute atomic E-state index is 12.4. The van der Waals surface area contributed by atoms with Crippen LogP contribution in [0.25, 0.3) is 11.2 Å². The third-order valence-corrected chi connectivity index (χ3v) is 7.36. The van der Waals surface area contributed by atoms with Crippen LogP contribution < -0.4 is 17.0 Å². The molecule has 0 aliphatic heterocycles. The average Bonchev–Trinajstić information content (AvgIpc) is 3.34. The number of nitrogens with zero attached hydrogens (tertiary/aromatic N) is 3. The third-order valence-electron chi connectivity index (χ3n) is 7.36. The fourth-order valence-corrected chi connectivity index (χ4v) is 4.67. The van der Waals surface area contributed by atoms with E-state index in [4.69, 9.17) is 20.9 Å². The molecule has 2 aromatic heterocycles. The van der Waals surface area contributed by atoms with Crippen molar-refractivity contribution in [2.24, 2.45) is 17.6 Å².